The number of anilines is 1. The summed E-state index contributed by atoms with van der Waals surface area (Å²) < 4.78 is 26.6. The number of nitrogens with zero attached hydrogens (tertiary/aromatic N) is 2. The monoisotopic (exact) mass is 541 g/mol. The van der Waals surface area contributed by atoms with Crippen molar-refractivity contribution < 1.29 is 18.0 Å². The molecule has 2 rings (SSSR count). The molecule has 0 bridgehead atoms. The van der Waals surface area contributed by atoms with Gasteiger partial charge < -0.3 is 10.2 Å². The van der Waals surface area contributed by atoms with Crippen LogP contribution < -0.4 is 9.62 Å². The lowest BCUT2D eigenvalue weighted by atomic mass is 10.1. The van der Waals surface area contributed by atoms with E-state index < -0.39 is 28.5 Å². The Kier molecular flexibility index (Phi) is 10.9. The van der Waals surface area contributed by atoms with Gasteiger partial charge >= 0.3 is 0 Å². The maximum Gasteiger partial charge on any atom is 0.244 e. The Morgan fingerprint density at radius 3 is 2.29 bits per heavy atom. The van der Waals surface area contributed by atoms with Crippen molar-refractivity contribution in [3.05, 3.63) is 63.6 Å². The molecule has 0 aliphatic heterocycles. The lowest BCUT2D eigenvalue weighted by molar-refractivity contribution is -0.140. The van der Waals surface area contributed by atoms with E-state index in [0.717, 1.165) is 22.5 Å². The van der Waals surface area contributed by atoms with Crippen LogP contribution in [0.2, 0.25) is 10.0 Å². The van der Waals surface area contributed by atoms with E-state index in [9.17, 15) is 18.0 Å². The molecule has 0 spiro atoms. The summed E-state index contributed by atoms with van der Waals surface area (Å²) in [6.07, 6.45) is 2.77. The standard InChI is InChI=1S/C25H33Cl2N3O4S/c1-5-14-28-25(32)22(7-3)29(16-18-12-13-20(26)21(27)15-18)24(31)17-30(35(4,33)34)23-11-9-8-10-19(23)6-2/h8-13,15,22H,5-7,14,16-17H2,1-4H3,(H,28,32)/t22-/m1/s1. The van der Waals surface area contributed by atoms with Gasteiger partial charge in [-0.25, -0.2) is 8.42 Å². The zero-order valence-corrected chi connectivity index (χ0v) is 22.9. The van der Waals surface area contributed by atoms with Crippen molar-refractivity contribution in [2.45, 2.75) is 52.6 Å². The molecule has 35 heavy (non-hydrogen) atoms. The van der Waals surface area contributed by atoms with Crippen molar-refractivity contribution in [1.29, 1.82) is 0 Å². The molecule has 2 aromatic rings. The molecule has 0 saturated heterocycles. The highest BCUT2D eigenvalue weighted by Gasteiger charge is 2.32. The van der Waals surface area contributed by atoms with Crippen molar-refractivity contribution >= 4 is 50.7 Å². The first-order valence-corrected chi connectivity index (χ1v) is 14.2. The molecule has 7 nitrogen and oxygen atoms in total. The Bertz CT molecular complexity index is 1140. The first-order chi connectivity index (χ1) is 16.5. The molecule has 2 aromatic carbocycles. The van der Waals surface area contributed by atoms with Crippen molar-refractivity contribution in [3.63, 3.8) is 0 Å². The fourth-order valence-corrected chi connectivity index (χ4v) is 4.97. The van der Waals surface area contributed by atoms with E-state index >= 15 is 0 Å². The van der Waals surface area contributed by atoms with Gasteiger partial charge in [-0.3, -0.25) is 13.9 Å². The van der Waals surface area contributed by atoms with Gasteiger partial charge in [0.05, 0.1) is 22.0 Å². The predicted molar refractivity (Wildman–Crippen MR) is 142 cm³/mol. The van der Waals surface area contributed by atoms with E-state index in [4.69, 9.17) is 23.2 Å². The molecule has 0 heterocycles. The van der Waals surface area contributed by atoms with Crippen LogP contribution in [0.5, 0.6) is 0 Å². The molecule has 2 amide bonds. The number of rotatable bonds is 12. The molecule has 1 N–H and O–H groups in total. The second-order valence-corrected chi connectivity index (χ2v) is 11.0. The fraction of sp³-hybridized carbons (Fsp3) is 0.440. The SMILES string of the molecule is CCCNC(=O)[C@@H](CC)N(Cc1ccc(Cl)c(Cl)c1)C(=O)CN(c1ccccc1CC)S(C)(=O)=O. The second-order valence-electron chi connectivity index (χ2n) is 8.24. The van der Waals surface area contributed by atoms with Gasteiger partial charge in [0, 0.05) is 13.1 Å². The van der Waals surface area contributed by atoms with Crippen LogP contribution in [-0.4, -0.2) is 50.5 Å². The largest absolute Gasteiger partial charge is 0.354 e. The van der Waals surface area contributed by atoms with E-state index in [1.807, 2.05) is 32.9 Å². The minimum absolute atomic E-state index is 0.0702. The van der Waals surface area contributed by atoms with Crippen LogP contribution in [0.15, 0.2) is 42.5 Å². The lowest BCUT2D eigenvalue weighted by Gasteiger charge is -2.33. The molecule has 0 aliphatic rings. The third-order valence-corrected chi connectivity index (χ3v) is 7.46. The van der Waals surface area contributed by atoms with Gasteiger partial charge in [0.1, 0.15) is 12.6 Å². The maximum absolute atomic E-state index is 13.7. The molecular weight excluding hydrogens is 509 g/mol. The smallest absolute Gasteiger partial charge is 0.244 e. The van der Waals surface area contributed by atoms with E-state index in [-0.39, 0.29) is 12.5 Å². The zero-order valence-electron chi connectivity index (χ0n) is 20.6. The van der Waals surface area contributed by atoms with Crippen LogP contribution in [0.1, 0.15) is 44.7 Å². The number of carbonyl (C=O) groups excluding carboxylic acids is 2. The van der Waals surface area contributed by atoms with Gasteiger partial charge in [-0.1, -0.05) is 68.2 Å². The summed E-state index contributed by atoms with van der Waals surface area (Å²) in [7, 11) is -3.78. The molecule has 0 radical (unpaired) electrons. The van der Waals surface area contributed by atoms with Crippen molar-refractivity contribution in [3.8, 4) is 0 Å². The molecule has 0 unspecified atom stereocenters. The summed E-state index contributed by atoms with van der Waals surface area (Å²) in [5, 5.41) is 3.55. The lowest BCUT2D eigenvalue weighted by Crippen LogP contribution is -2.52. The molecule has 0 aromatic heterocycles. The third kappa shape index (κ3) is 7.85. The van der Waals surface area contributed by atoms with Crippen LogP contribution in [-0.2, 0) is 32.6 Å². The average Bonchev–Trinajstić information content (AvgIpc) is 2.82. The van der Waals surface area contributed by atoms with Gasteiger partial charge in [0.15, 0.2) is 0 Å². The van der Waals surface area contributed by atoms with Gasteiger partial charge in [0.2, 0.25) is 21.8 Å². The van der Waals surface area contributed by atoms with Crippen LogP contribution in [0.4, 0.5) is 5.69 Å². The Morgan fingerprint density at radius 1 is 1.03 bits per heavy atom. The summed E-state index contributed by atoms with van der Waals surface area (Å²) >= 11 is 12.2. The van der Waals surface area contributed by atoms with Crippen LogP contribution in [0, 0.1) is 0 Å². The Hall–Kier alpha value is -2.29. The number of nitrogens with one attached hydrogen (secondary N) is 1. The molecule has 10 heteroatoms. The van der Waals surface area contributed by atoms with Crippen molar-refractivity contribution in [2.75, 3.05) is 23.7 Å². The number of hydrogen-bond acceptors (Lipinski definition) is 4. The molecule has 0 fully saturated rings. The number of para-hydroxylation sites is 1. The zero-order chi connectivity index (χ0) is 26.2. The summed E-state index contributed by atoms with van der Waals surface area (Å²) in [6.45, 7) is 5.78. The quantitative estimate of drug-likeness (QED) is 0.423. The van der Waals surface area contributed by atoms with Gasteiger partial charge in [0.25, 0.3) is 0 Å². The third-order valence-electron chi connectivity index (χ3n) is 5.59. The van der Waals surface area contributed by atoms with Crippen LogP contribution in [0.3, 0.4) is 0 Å². The normalized spacial score (nSPS) is 12.2. The van der Waals surface area contributed by atoms with Crippen molar-refractivity contribution in [1.82, 2.24) is 10.2 Å². The predicted octanol–water partition coefficient (Wildman–Crippen LogP) is 4.66. The van der Waals surface area contributed by atoms with E-state index in [1.54, 1.807) is 30.3 Å². The number of aryl methyl sites for hydroxylation is 1. The van der Waals surface area contributed by atoms with E-state index in [2.05, 4.69) is 5.32 Å². The molecular formula is C25H33Cl2N3O4S. The van der Waals surface area contributed by atoms with Gasteiger partial charge in [-0.15, -0.1) is 0 Å². The summed E-state index contributed by atoms with van der Waals surface area (Å²) in [5.41, 5.74) is 1.92. The highest BCUT2D eigenvalue weighted by atomic mass is 35.5. The molecule has 0 saturated carbocycles. The van der Waals surface area contributed by atoms with E-state index in [0.29, 0.717) is 40.7 Å². The van der Waals surface area contributed by atoms with Gasteiger partial charge in [-0.05, 0) is 48.6 Å². The molecule has 192 valence electrons. The van der Waals surface area contributed by atoms with Crippen molar-refractivity contribution in [2.24, 2.45) is 0 Å². The number of benzene rings is 2. The van der Waals surface area contributed by atoms with Gasteiger partial charge in [-0.2, -0.15) is 0 Å². The topological polar surface area (TPSA) is 86.8 Å². The fourth-order valence-electron chi connectivity index (χ4n) is 3.77. The Labute approximate surface area is 218 Å². The summed E-state index contributed by atoms with van der Waals surface area (Å²) in [5.74, 6) is -0.784. The Morgan fingerprint density at radius 2 is 1.71 bits per heavy atom. The summed E-state index contributed by atoms with van der Waals surface area (Å²) in [6, 6.07) is 11.3. The molecule has 1 atom stereocenters. The number of carbonyl (C=O) groups is 2. The second kappa shape index (κ2) is 13.1. The van der Waals surface area contributed by atoms with E-state index in [1.165, 1.54) is 4.90 Å². The molecule has 0 aliphatic carbocycles. The van der Waals surface area contributed by atoms with Crippen LogP contribution >= 0.6 is 23.2 Å². The number of halogens is 2. The Balaban J connectivity index is 2.48. The van der Waals surface area contributed by atoms with Crippen LogP contribution in [0.25, 0.3) is 0 Å². The highest BCUT2D eigenvalue weighted by molar-refractivity contribution is 7.92. The first-order valence-electron chi connectivity index (χ1n) is 11.6. The highest BCUT2D eigenvalue weighted by Crippen LogP contribution is 2.26. The minimum atomic E-state index is -3.78. The first kappa shape index (κ1) is 28.9. The maximum atomic E-state index is 13.7. The average molecular weight is 543 g/mol. The number of hydrogen-bond donors (Lipinski definition) is 1. The number of sulfonamides is 1. The summed E-state index contributed by atoms with van der Waals surface area (Å²) in [4.78, 5) is 28.1. The minimum Gasteiger partial charge on any atom is -0.354 e. The number of amides is 2.